The minimum absolute atomic E-state index is 0.0872. The number of allylic oxidation sites excluding steroid dienone is 1. The van der Waals surface area contributed by atoms with Crippen molar-refractivity contribution >= 4 is 34.3 Å². The molecule has 1 aliphatic rings. The monoisotopic (exact) mass is 208 g/mol. The number of alkyl halides is 1. The van der Waals surface area contributed by atoms with Gasteiger partial charge >= 0.3 is 5.97 Å². The van der Waals surface area contributed by atoms with Crippen molar-refractivity contribution < 1.29 is 9.90 Å². The van der Waals surface area contributed by atoms with Crippen molar-refractivity contribution in [3.8, 4) is 0 Å². The molecule has 1 heterocycles. The zero-order chi connectivity index (χ0) is 9.35. The molecule has 66 valence electrons. The van der Waals surface area contributed by atoms with Crippen molar-refractivity contribution in [2.75, 3.05) is 0 Å². The molecule has 0 radical (unpaired) electrons. The van der Waals surface area contributed by atoms with Gasteiger partial charge in [0.1, 0.15) is 10.2 Å². The quantitative estimate of drug-likeness (QED) is 0.488. The van der Waals surface area contributed by atoms with Crippen LogP contribution in [0.2, 0.25) is 0 Å². The van der Waals surface area contributed by atoms with Crippen LogP contribution in [0.1, 0.15) is 0 Å². The normalized spacial score (nSPS) is 34.6. The summed E-state index contributed by atoms with van der Waals surface area (Å²) in [6.07, 6.45) is 2.68. The lowest BCUT2D eigenvalue weighted by Gasteiger charge is -2.24. The van der Waals surface area contributed by atoms with Crippen molar-refractivity contribution in [3.63, 3.8) is 0 Å². The molecule has 0 amide bonds. The highest BCUT2D eigenvalue weighted by Crippen LogP contribution is 2.22. The SMILES string of the molecule is NC1(Cl)C=CC(Cl)=NC1C(=O)O. The molecular formula is C6H6Cl2N2O2. The number of aliphatic carboxylic acids is 1. The first-order valence-electron chi connectivity index (χ1n) is 3.06. The van der Waals surface area contributed by atoms with Gasteiger partial charge in [0, 0.05) is 0 Å². The second-order valence-electron chi connectivity index (χ2n) is 2.35. The molecule has 0 saturated heterocycles. The van der Waals surface area contributed by atoms with Crippen molar-refractivity contribution in [3.05, 3.63) is 12.2 Å². The van der Waals surface area contributed by atoms with Gasteiger partial charge in [-0.1, -0.05) is 23.2 Å². The van der Waals surface area contributed by atoms with Gasteiger partial charge < -0.3 is 10.8 Å². The number of carbonyl (C=O) groups is 1. The molecule has 0 aromatic heterocycles. The van der Waals surface area contributed by atoms with E-state index in [4.69, 9.17) is 34.0 Å². The van der Waals surface area contributed by atoms with E-state index < -0.39 is 17.0 Å². The number of carboxylic acid groups (broad SMARTS) is 1. The van der Waals surface area contributed by atoms with Crippen LogP contribution in [0.25, 0.3) is 0 Å². The third-order valence-electron chi connectivity index (χ3n) is 1.38. The lowest BCUT2D eigenvalue weighted by Crippen LogP contribution is -2.49. The highest BCUT2D eigenvalue weighted by atomic mass is 35.5. The Hall–Kier alpha value is -0.580. The zero-order valence-corrected chi connectivity index (χ0v) is 7.38. The predicted octanol–water partition coefficient (Wildman–Crippen LogP) is 0.540. The molecular weight excluding hydrogens is 203 g/mol. The Morgan fingerprint density at radius 1 is 1.83 bits per heavy atom. The standard InChI is InChI=1S/C6H6Cl2N2O2/c7-3-1-2-6(8,9)4(10-3)5(11)12/h1-2,4H,9H2,(H,11,12). The lowest BCUT2D eigenvalue weighted by molar-refractivity contribution is -0.138. The first kappa shape index (κ1) is 9.51. The van der Waals surface area contributed by atoms with Gasteiger partial charge in [0.15, 0.2) is 6.04 Å². The van der Waals surface area contributed by atoms with Gasteiger partial charge in [-0.05, 0) is 12.2 Å². The van der Waals surface area contributed by atoms with Gasteiger partial charge in [-0.15, -0.1) is 0 Å². The molecule has 0 aliphatic carbocycles. The fourth-order valence-electron chi connectivity index (χ4n) is 0.797. The number of hydrogen-bond donors (Lipinski definition) is 2. The van der Waals surface area contributed by atoms with Crippen molar-refractivity contribution in [2.24, 2.45) is 10.7 Å². The number of nitrogens with zero attached hydrogens (tertiary/aromatic N) is 1. The average Bonchev–Trinajstić information content (AvgIpc) is 1.94. The minimum atomic E-state index is -1.48. The van der Waals surface area contributed by atoms with E-state index in [0.717, 1.165) is 0 Å². The van der Waals surface area contributed by atoms with E-state index in [9.17, 15) is 4.79 Å². The summed E-state index contributed by atoms with van der Waals surface area (Å²) in [5, 5.41) is 8.71. The molecule has 0 spiro atoms. The minimum Gasteiger partial charge on any atom is -0.480 e. The first-order valence-corrected chi connectivity index (χ1v) is 3.82. The molecule has 0 aromatic rings. The smallest absolute Gasteiger partial charge is 0.332 e. The van der Waals surface area contributed by atoms with Crippen LogP contribution in [0.5, 0.6) is 0 Å². The van der Waals surface area contributed by atoms with Crippen LogP contribution in [0.4, 0.5) is 0 Å². The second-order valence-corrected chi connectivity index (χ2v) is 3.40. The maximum absolute atomic E-state index is 10.6. The Balaban J connectivity index is 2.98. The summed E-state index contributed by atoms with van der Waals surface area (Å²) in [5.74, 6) is -1.20. The Morgan fingerprint density at radius 2 is 2.42 bits per heavy atom. The first-order chi connectivity index (χ1) is 5.43. The number of dihydropyridines is 1. The molecule has 1 aliphatic heterocycles. The van der Waals surface area contributed by atoms with E-state index >= 15 is 0 Å². The number of rotatable bonds is 1. The fourth-order valence-corrected chi connectivity index (χ4v) is 1.16. The Labute approximate surface area is 78.7 Å². The van der Waals surface area contributed by atoms with Crippen LogP contribution in [0.15, 0.2) is 17.1 Å². The molecule has 2 unspecified atom stereocenters. The second kappa shape index (κ2) is 3.05. The third-order valence-corrected chi connectivity index (χ3v) is 1.94. The highest BCUT2D eigenvalue weighted by molar-refractivity contribution is 6.68. The van der Waals surface area contributed by atoms with Crippen LogP contribution in [0, 0.1) is 0 Å². The number of nitrogens with two attached hydrogens (primary N) is 1. The van der Waals surface area contributed by atoms with Crippen LogP contribution in [0.3, 0.4) is 0 Å². The summed E-state index contributed by atoms with van der Waals surface area (Å²) >= 11 is 11.1. The Morgan fingerprint density at radius 3 is 2.83 bits per heavy atom. The zero-order valence-electron chi connectivity index (χ0n) is 5.87. The summed E-state index contributed by atoms with van der Waals surface area (Å²) in [5.41, 5.74) is 5.42. The van der Waals surface area contributed by atoms with Crippen molar-refractivity contribution in [2.45, 2.75) is 11.0 Å². The number of carboxylic acids is 1. The summed E-state index contributed by atoms with van der Waals surface area (Å²) in [4.78, 5) is 12.6. The van der Waals surface area contributed by atoms with Gasteiger partial charge in [0.2, 0.25) is 0 Å². The predicted molar refractivity (Wildman–Crippen MR) is 46.6 cm³/mol. The van der Waals surface area contributed by atoms with E-state index in [1.165, 1.54) is 12.2 Å². The lowest BCUT2D eigenvalue weighted by atomic mass is 10.1. The maximum atomic E-state index is 10.6. The molecule has 0 fully saturated rings. The van der Waals surface area contributed by atoms with E-state index in [-0.39, 0.29) is 5.17 Å². The molecule has 0 aromatic carbocycles. The molecule has 0 saturated carbocycles. The van der Waals surface area contributed by atoms with E-state index in [0.29, 0.717) is 0 Å². The molecule has 2 atom stereocenters. The number of halogens is 2. The molecule has 1 rings (SSSR count). The largest absolute Gasteiger partial charge is 0.480 e. The van der Waals surface area contributed by atoms with E-state index in [2.05, 4.69) is 4.99 Å². The van der Waals surface area contributed by atoms with Gasteiger partial charge in [-0.2, -0.15) is 0 Å². The molecule has 3 N–H and O–H groups in total. The van der Waals surface area contributed by atoms with Crippen molar-refractivity contribution in [1.29, 1.82) is 0 Å². The third kappa shape index (κ3) is 1.77. The Bertz CT molecular complexity index is 273. The topological polar surface area (TPSA) is 75.7 Å². The molecule has 4 nitrogen and oxygen atoms in total. The number of hydrogen-bond acceptors (Lipinski definition) is 3. The molecule has 12 heavy (non-hydrogen) atoms. The summed E-state index contributed by atoms with van der Waals surface area (Å²) in [6, 6.07) is -1.23. The Kier molecular flexibility index (Phi) is 2.41. The highest BCUT2D eigenvalue weighted by Gasteiger charge is 2.38. The van der Waals surface area contributed by atoms with Crippen LogP contribution in [-0.2, 0) is 4.79 Å². The van der Waals surface area contributed by atoms with E-state index in [1.807, 2.05) is 0 Å². The molecule has 0 bridgehead atoms. The number of aliphatic imine (C=N–C) groups is 1. The van der Waals surface area contributed by atoms with Crippen molar-refractivity contribution in [1.82, 2.24) is 0 Å². The maximum Gasteiger partial charge on any atom is 0.332 e. The van der Waals surface area contributed by atoms with Crippen LogP contribution < -0.4 is 5.73 Å². The van der Waals surface area contributed by atoms with E-state index in [1.54, 1.807) is 0 Å². The summed E-state index contributed by atoms with van der Waals surface area (Å²) < 4.78 is 0. The van der Waals surface area contributed by atoms with Crippen LogP contribution >= 0.6 is 23.2 Å². The van der Waals surface area contributed by atoms with Gasteiger partial charge in [0.05, 0.1) is 0 Å². The van der Waals surface area contributed by atoms with Gasteiger partial charge in [-0.3, -0.25) is 4.99 Å². The van der Waals surface area contributed by atoms with Gasteiger partial charge in [0.25, 0.3) is 0 Å². The summed E-state index contributed by atoms with van der Waals surface area (Å²) in [7, 11) is 0. The molecule has 6 heteroatoms. The van der Waals surface area contributed by atoms with Crippen LogP contribution in [-0.4, -0.2) is 27.3 Å². The fraction of sp³-hybridized carbons (Fsp3) is 0.333. The van der Waals surface area contributed by atoms with Gasteiger partial charge in [-0.25, -0.2) is 4.79 Å². The summed E-state index contributed by atoms with van der Waals surface area (Å²) in [6.45, 7) is 0. The average molecular weight is 209 g/mol.